The lowest BCUT2D eigenvalue weighted by Crippen LogP contribution is -2.36. The molecular formula is C16H23BrN2O. The van der Waals surface area contributed by atoms with Crippen LogP contribution >= 0.6 is 15.9 Å². The number of amides is 1. The first-order chi connectivity index (χ1) is 9.63. The summed E-state index contributed by atoms with van der Waals surface area (Å²) in [7, 11) is 0. The Morgan fingerprint density at radius 1 is 1.15 bits per heavy atom. The van der Waals surface area contributed by atoms with Gasteiger partial charge in [0, 0.05) is 37.1 Å². The summed E-state index contributed by atoms with van der Waals surface area (Å²) in [4.78, 5) is 17.2. The zero-order chi connectivity index (χ0) is 14.5. The Labute approximate surface area is 130 Å². The van der Waals surface area contributed by atoms with E-state index in [0.717, 1.165) is 61.2 Å². The largest absolute Gasteiger partial charge is 0.337 e. The molecule has 1 saturated heterocycles. The fraction of sp³-hybridized carbons (Fsp3) is 0.562. The molecule has 0 bridgehead atoms. The molecule has 4 heteroatoms. The number of carbonyl (C=O) groups is 1. The summed E-state index contributed by atoms with van der Waals surface area (Å²) >= 11 is 3.49. The Kier molecular flexibility index (Phi) is 5.61. The number of halogens is 1. The molecule has 0 saturated carbocycles. The van der Waals surface area contributed by atoms with Gasteiger partial charge in [-0.1, -0.05) is 34.1 Å². The molecule has 2 rings (SSSR count). The second kappa shape index (κ2) is 7.23. The highest BCUT2D eigenvalue weighted by Gasteiger charge is 2.22. The minimum atomic E-state index is 0.196. The Bertz CT molecular complexity index is 455. The van der Waals surface area contributed by atoms with Crippen molar-refractivity contribution in [3.05, 3.63) is 34.9 Å². The number of benzene rings is 1. The summed E-state index contributed by atoms with van der Waals surface area (Å²) < 4.78 is 0. The maximum Gasteiger partial charge on any atom is 0.254 e. The third kappa shape index (κ3) is 3.61. The van der Waals surface area contributed by atoms with Crippen molar-refractivity contribution in [2.24, 2.45) is 0 Å². The zero-order valence-corrected chi connectivity index (χ0v) is 13.9. The van der Waals surface area contributed by atoms with E-state index in [1.165, 1.54) is 0 Å². The summed E-state index contributed by atoms with van der Waals surface area (Å²) in [6.07, 6.45) is 1.06. The van der Waals surface area contributed by atoms with Crippen LogP contribution in [0.5, 0.6) is 0 Å². The zero-order valence-electron chi connectivity index (χ0n) is 12.4. The highest BCUT2D eigenvalue weighted by Crippen LogP contribution is 2.17. The Morgan fingerprint density at radius 3 is 2.50 bits per heavy atom. The lowest BCUT2D eigenvalue weighted by Gasteiger charge is -2.23. The molecule has 1 aromatic rings. The van der Waals surface area contributed by atoms with Gasteiger partial charge in [-0.15, -0.1) is 0 Å². The van der Waals surface area contributed by atoms with Crippen molar-refractivity contribution in [3.8, 4) is 0 Å². The maximum atomic E-state index is 12.8. The van der Waals surface area contributed by atoms with Gasteiger partial charge in [0.2, 0.25) is 0 Å². The van der Waals surface area contributed by atoms with Crippen LogP contribution in [-0.4, -0.2) is 53.8 Å². The lowest BCUT2D eigenvalue weighted by atomic mass is 10.0. The second-order valence-electron chi connectivity index (χ2n) is 5.44. The molecule has 0 aromatic heterocycles. The first kappa shape index (κ1) is 15.5. The molecule has 1 aromatic carbocycles. The predicted octanol–water partition coefficient (Wildman–Crippen LogP) is 2.85. The van der Waals surface area contributed by atoms with E-state index in [2.05, 4.69) is 20.8 Å². The van der Waals surface area contributed by atoms with Crippen LogP contribution in [0.25, 0.3) is 0 Å². The molecule has 1 aliphatic heterocycles. The predicted molar refractivity (Wildman–Crippen MR) is 86.7 cm³/mol. The van der Waals surface area contributed by atoms with Crippen LogP contribution in [0.4, 0.5) is 0 Å². The monoisotopic (exact) mass is 338 g/mol. The molecule has 0 spiro atoms. The van der Waals surface area contributed by atoms with Gasteiger partial charge < -0.3 is 9.80 Å². The minimum Gasteiger partial charge on any atom is -0.337 e. The molecule has 0 N–H and O–H groups in total. The van der Waals surface area contributed by atoms with Crippen LogP contribution in [0.3, 0.4) is 0 Å². The van der Waals surface area contributed by atoms with Crippen LogP contribution in [-0.2, 0) is 0 Å². The summed E-state index contributed by atoms with van der Waals surface area (Å²) in [5.41, 5.74) is 3.05. The molecule has 0 atom stereocenters. The Hall–Kier alpha value is -0.870. The molecule has 1 fully saturated rings. The molecule has 110 valence electrons. The average Bonchev–Trinajstić information content (AvgIpc) is 2.64. The van der Waals surface area contributed by atoms with Gasteiger partial charge in [-0.2, -0.15) is 0 Å². The molecule has 1 amide bonds. The summed E-state index contributed by atoms with van der Waals surface area (Å²) in [6.45, 7) is 8.87. The minimum absolute atomic E-state index is 0.196. The van der Waals surface area contributed by atoms with E-state index in [9.17, 15) is 4.79 Å². The van der Waals surface area contributed by atoms with Gasteiger partial charge >= 0.3 is 0 Å². The maximum absolute atomic E-state index is 12.8. The average molecular weight is 339 g/mol. The van der Waals surface area contributed by atoms with E-state index in [0.29, 0.717) is 0 Å². The Balaban J connectivity index is 2.10. The summed E-state index contributed by atoms with van der Waals surface area (Å²) in [6, 6.07) is 6.06. The first-order valence-corrected chi connectivity index (χ1v) is 8.39. The van der Waals surface area contributed by atoms with E-state index >= 15 is 0 Å². The van der Waals surface area contributed by atoms with Crippen LogP contribution in [0, 0.1) is 13.8 Å². The van der Waals surface area contributed by atoms with Gasteiger partial charge in [0.1, 0.15) is 0 Å². The van der Waals surface area contributed by atoms with Gasteiger partial charge in [0.05, 0.1) is 0 Å². The molecule has 0 radical (unpaired) electrons. The normalized spacial score (nSPS) is 17.1. The highest BCUT2D eigenvalue weighted by molar-refractivity contribution is 9.09. The standard InChI is InChI=1S/C16H23BrN2O/c1-13-5-3-6-14(2)15(13)16(20)19-9-4-8-18(10-7-17)11-12-19/h3,5-6H,4,7-12H2,1-2H3. The van der Waals surface area contributed by atoms with Crippen molar-refractivity contribution in [2.45, 2.75) is 20.3 Å². The van der Waals surface area contributed by atoms with Crippen LogP contribution < -0.4 is 0 Å². The molecule has 3 nitrogen and oxygen atoms in total. The number of carbonyl (C=O) groups excluding carboxylic acids is 1. The molecular weight excluding hydrogens is 316 g/mol. The van der Waals surface area contributed by atoms with E-state index < -0.39 is 0 Å². The highest BCUT2D eigenvalue weighted by atomic mass is 79.9. The SMILES string of the molecule is Cc1cccc(C)c1C(=O)N1CCCN(CCBr)CC1. The number of nitrogens with zero attached hydrogens (tertiary/aromatic N) is 2. The van der Waals surface area contributed by atoms with Gasteiger partial charge in [-0.05, 0) is 37.9 Å². The molecule has 1 aliphatic rings. The van der Waals surface area contributed by atoms with Crippen molar-refractivity contribution < 1.29 is 4.79 Å². The first-order valence-electron chi connectivity index (χ1n) is 7.27. The summed E-state index contributed by atoms with van der Waals surface area (Å²) in [5.74, 6) is 0.196. The number of alkyl halides is 1. The van der Waals surface area contributed by atoms with Crippen molar-refractivity contribution >= 4 is 21.8 Å². The van der Waals surface area contributed by atoms with E-state index in [1.54, 1.807) is 0 Å². The third-order valence-corrected chi connectivity index (χ3v) is 4.33. The van der Waals surface area contributed by atoms with Crippen LogP contribution in [0.15, 0.2) is 18.2 Å². The van der Waals surface area contributed by atoms with Gasteiger partial charge in [0.25, 0.3) is 5.91 Å². The van der Waals surface area contributed by atoms with Crippen LogP contribution in [0.2, 0.25) is 0 Å². The van der Waals surface area contributed by atoms with Gasteiger partial charge in [-0.25, -0.2) is 0 Å². The van der Waals surface area contributed by atoms with Crippen molar-refractivity contribution in [1.82, 2.24) is 9.80 Å². The van der Waals surface area contributed by atoms with E-state index in [-0.39, 0.29) is 5.91 Å². The smallest absolute Gasteiger partial charge is 0.254 e. The van der Waals surface area contributed by atoms with Gasteiger partial charge in [-0.3, -0.25) is 4.79 Å². The number of hydrogen-bond acceptors (Lipinski definition) is 2. The molecule has 1 heterocycles. The number of hydrogen-bond donors (Lipinski definition) is 0. The molecule has 20 heavy (non-hydrogen) atoms. The van der Waals surface area contributed by atoms with Crippen molar-refractivity contribution in [2.75, 3.05) is 38.1 Å². The Morgan fingerprint density at radius 2 is 1.85 bits per heavy atom. The van der Waals surface area contributed by atoms with Gasteiger partial charge in [0.15, 0.2) is 0 Å². The topological polar surface area (TPSA) is 23.6 Å². The van der Waals surface area contributed by atoms with E-state index in [1.807, 2.05) is 36.9 Å². The fourth-order valence-electron chi connectivity index (χ4n) is 2.83. The number of rotatable bonds is 3. The fourth-order valence-corrected chi connectivity index (χ4v) is 3.33. The van der Waals surface area contributed by atoms with E-state index in [4.69, 9.17) is 0 Å². The van der Waals surface area contributed by atoms with Crippen molar-refractivity contribution in [1.29, 1.82) is 0 Å². The second-order valence-corrected chi connectivity index (χ2v) is 6.24. The van der Waals surface area contributed by atoms with Crippen molar-refractivity contribution in [3.63, 3.8) is 0 Å². The summed E-state index contributed by atoms with van der Waals surface area (Å²) in [5, 5.41) is 0.998. The van der Waals surface area contributed by atoms with Crippen LogP contribution in [0.1, 0.15) is 27.9 Å². The number of aryl methyl sites for hydroxylation is 2. The quantitative estimate of drug-likeness (QED) is 0.791. The molecule has 0 unspecified atom stereocenters. The molecule has 0 aliphatic carbocycles. The lowest BCUT2D eigenvalue weighted by molar-refractivity contribution is 0.0760. The third-order valence-electron chi connectivity index (χ3n) is 3.97.